The summed E-state index contributed by atoms with van der Waals surface area (Å²) in [6, 6.07) is 24.0. The number of aromatic nitrogens is 2. The number of hydrogen-bond donors (Lipinski definition) is 2. The van der Waals surface area contributed by atoms with Crippen LogP contribution in [0, 0.1) is 0 Å². The molecule has 4 aromatic rings. The average Bonchev–Trinajstić information content (AvgIpc) is 3.01. The summed E-state index contributed by atoms with van der Waals surface area (Å²) in [5.74, 6) is -0.865. The number of phenols is 1. The van der Waals surface area contributed by atoms with Crippen LogP contribution in [-0.4, -0.2) is 82.3 Å². The number of esters is 1. The lowest BCUT2D eigenvalue weighted by molar-refractivity contribution is -0.143. The molecule has 10 nitrogen and oxygen atoms in total. The van der Waals surface area contributed by atoms with Crippen molar-refractivity contribution in [1.82, 2.24) is 19.8 Å². The summed E-state index contributed by atoms with van der Waals surface area (Å²) in [4.78, 5) is 37.6. The van der Waals surface area contributed by atoms with E-state index >= 15 is 0 Å². The lowest BCUT2D eigenvalue weighted by atomic mass is 9.98. The minimum absolute atomic E-state index is 0.0470. The molecular formula is C32H34N4O6. The number of hydrogen-bond acceptors (Lipinski definition) is 9. The molecule has 0 radical (unpaired) electrons. The Hall–Kier alpha value is -4.80. The highest BCUT2D eigenvalue weighted by Gasteiger charge is 2.32. The number of rotatable bonds is 14. The van der Waals surface area contributed by atoms with Crippen molar-refractivity contribution in [2.75, 3.05) is 40.4 Å². The maximum Gasteiger partial charge on any atom is 0.319 e. The zero-order valence-corrected chi connectivity index (χ0v) is 23.5. The molecule has 0 aliphatic rings. The number of benzene rings is 2. The van der Waals surface area contributed by atoms with E-state index in [0.29, 0.717) is 22.7 Å². The zero-order chi connectivity index (χ0) is 29.9. The third-order valence-electron chi connectivity index (χ3n) is 6.90. The fourth-order valence-electron chi connectivity index (χ4n) is 5.03. The molecule has 218 valence electrons. The summed E-state index contributed by atoms with van der Waals surface area (Å²) < 4.78 is 10.7. The number of aliphatic carboxylic acids is 1. The normalized spacial score (nSPS) is 12.6. The molecule has 2 aromatic carbocycles. The summed E-state index contributed by atoms with van der Waals surface area (Å²) >= 11 is 0. The monoisotopic (exact) mass is 570 g/mol. The van der Waals surface area contributed by atoms with E-state index in [4.69, 9.17) is 9.47 Å². The Kier molecular flexibility index (Phi) is 10.6. The van der Waals surface area contributed by atoms with E-state index in [1.807, 2.05) is 53.4 Å². The number of nitrogens with zero attached hydrogens (tertiary/aromatic N) is 4. The predicted molar refractivity (Wildman–Crippen MR) is 156 cm³/mol. The third kappa shape index (κ3) is 7.48. The second kappa shape index (κ2) is 14.7. The third-order valence-corrected chi connectivity index (χ3v) is 6.90. The minimum Gasteiger partial charge on any atom is -0.508 e. The van der Waals surface area contributed by atoms with Crippen LogP contribution in [0.15, 0.2) is 97.3 Å². The van der Waals surface area contributed by atoms with Gasteiger partial charge in [-0.05, 0) is 36.4 Å². The highest BCUT2D eigenvalue weighted by Crippen LogP contribution is 2.36. The SMILES string of the molecule is COC(=O)CN(CCN(CC(=O)O)C(c1ccccn1)c1ccccc1OC)[C@H](c1ccccn1)c1ccccc1O. The number of aromatic hydroxyl groups is 1. The Morgan fingerprint density at radius 3 is 1.79 bits per heavy atom. The highest BCUT2D eigenvalue weighted by atomic mass is 16.5. The van der Waals surface area contributed by atoms with E-state index in [2.05, 4.69) is 9.97 Å². The predicted octanol–water partition coefficient (Wildman–Crippen LogP) is 3.93. The highest BCUT2D eigenvalue weighted by molar-refractivity contribution is 5.71. The molecule has 2 N–H and O–H groups in total. The molecule has 0 aliphatic heterocycles. The molecule has 0 saturated heterocycles. The van der Waals surface area contributed by atoms with Gasteiger partial charge in [0.1, 0.15) is 11.5 Å². The maximum absolute atomic E-state index is 12.7. The first-order valence-corrected chi connectivity index (χ1v) is 13.4. The Balaban J connectivity index is 1.78. The van der Waals surface area contributed by atoms with Gasteiger partial charge in [-0.1, -0.05) is 48.5 Å². The van der Waals surface area contributed by atoms with Gasteiger partial charge in [0.25, 0.3) is 0 Å². The van der Waals surface area contributed by atoms with Crippen molar-refractivity contribution in [2.24, 2.45) is 0 Å². The summed E-state index contributed by atoms with van der Waals surface area (Å²) in [6.45, 7) is -0.0119. The number of carbonyl (C=O) groups is 2. The molecule has 0 bridgehead atoms. The van der Waals surface area contributed by atoms with Crippen molar-refractivity contribution in [3.05, 3.63) is 120 Å². The summed E-state index contributed by atoms with van der Waals surface area (Å²) in [6.07, 6.45) is 3.31. The van der Waals surface area contributed by atoms with Gasteiger partial charge < -0.3 is 19.7 Å². The summed E-state index contributed by atoms with van der Waals surface area (Å²) in [5, 5.41) is 20.8. The number of pyridine rings is 2. The first-order chi connectivity index (χ1) is 20.4. The number of methoxy groups -OCH3 is 2. The Morgan fingerprint density at radius 2 is 1.26 bits per heavy atom. The number of ether oxygens (including phenoxy) is 2. The second-order valence-corrected chi connectivity index (χ2v) is 9.53. The van der Waals surface area contributed by atoms with Crippen LogP contribution in [0.5, 0.6) is 11.5 Å². The first kappa shape index (κ1) is 30.2. The van der Waals surface area contributed by atoms with Gasteiger partial charge in [0, 0.05) is 36.6 Å². The van der Waals surface area contributed by atoms with Crippen molar-refractivity contribution in [2.45, 2.75) is 12.1 Å². The van der Waals surface area contributed by atoms with Gasteiger partial charge in [-0.2, -0.15) is 0 Å². The molecule has 0 amide bonds. The Morgan fingerprint density at radius 1 is 0.738 bits per heavy atom. The van der Waals surface area contributed by atoms with Crippen LogP contribution < -0.4 is 4.74 Å². The molecule has 0 fully saturated rings. The van der Waals surface area contributed by atoms with Crippen LogP contribution in [0.4, 0.5) is 0 Å². The van der Waals surface area contributed by atoms with Crippen LogP contribution in [0.2, 0.25) is 0 Å². The van der Waals surface area contributed by atoms with Crippen LogP contribution in [-0.2, 0) is 14.3 Å². The first-order valence-electron chi connectivity index (χ1n) is 13.4. The van der Waals surface area contributed by atoms with Crippen molar-refractivity contribution in [3.8, 4) is 11.5 Å². The fraction of sp³-hybridized carbons (Fsp3) is 0.250. The van der Waals surface area contributed by atoms with Crippen LogP contribution >= 0.6 is 0 Å². The Bertz CT molecular complexity index is 1450. The number of carboxylic acid groups (broad SMARTS) is 1. The van der Waals surface area contributed by atoms with E-state index in [9.17, 15) is 19.8 Å². The molecule has 42 heavy (non-hydrogen) atoms. The quantitative estimate of drug-likeness (QED) is 0.215. The standard InChI is InChI=1S/C32H34N4O6/c1-41-28-16-6-4-12-24(28)32(26-14-8-10-18-34-26)35(21-29(38)39)19-20-36(22-30(40)42-2)31(25-13-7-9-17-33-25)23-11-3-5-15-27(23)37/h3-18,31-32,37H,19-22H2,1-2H3,(H,38,39)/t31-,32?/m0/s1. The van der Waals surface area contributed by atoms with E-state index in [0.717, 1.165) is 5.56 Å². The molecule has 0 saturated carbocycles. The van der Waals surface area contributed by atoms with Crippen LogP contribution in [0.3, 0.4) is 0 Å². The van der Waals surface area contributed by atoms with E-state index in [1.54, 1.807) is 60.8 Å². The molecule has 2 aromatic heterocycles. The smallest absolute Gasteiger partial charge is 0.319 e. The number of carbonyl (C=O) groups excluding carboxylic acids is 1. The van der Waals surface area contributed by atoms with Gasteiger partial charge in [-0.15, -0.1) is 0 Å². The molecular weight excluding hydrogens is 536 g/mol. The fourth-order valence-corrected chi connectivity index (χ4v) is 5.03. The van der Waals surface area contributed by atoms with Gasteiger partial charge in [-0.25, -0.2) is 0 Å². The molecule has 1 unspecified atom stereocenters. The molecule has 2 heterocycles. The zero-order valence-electron chi connectivity index (χ0n) is 23.5. The van der Waals surface area contributed by atoms with Gasteiger partial charge >= 0.3 is 11.9 Å². The number of carboxylic acids is 1. The van der Waals surface area contributed by atoms with Crippen molar-refractivity contribution < 1.29 is 29.3 Å². The van der Waals surface area contributed by atoms with E-state index in [-0.39, 0.29) is 31.9 Å². The summed E-state index contributed by atoms with van der Waals surface area (Å²) in [7, 11) is 2.88. The average molecular weight is 571 g/mol. The number of para-hydroxylation sites is 2. The van der Waals surface area contributed by atoms with Crippen LogP contribution in [0.25, 0.3) is 0 Å². The van der Waals surface area contributed by atoms with Gasteiger partial charge in [0.2, 0.25) is 0 Å². The summed E-state index contributed by atoms with van der Waals surface area (Å²) in [5.41, 5.74) is 2.56. The molecule has 0 aliphatic carbocycles. The topological polar surface area (TPSA) is 125 Å². The molecule has 0 spiro atoms. The Labute approximate surface area is 244 Å². The lowest BCUT2D eigenvalue weighted by Crippen LogP contribution is -2.43. The van der Waals surface area contributed by atoms with E-state index in [1.165, 1.54) is 7.11 Å². The molecule has 4 rings (SSSR count). The van der Waals surface area contributed by atoms with Gasteiger partial charge in [-0.3, -0.25) is 29.4 Å². The van der Waals surface area contributed by atoms with Crippen LogP contribution in [0.1, 0.15) is 34.6 Å². The second-order valence-electron chi connectivity index (χ2n) is 9.53. The van der Waals surface area contributed by atoms with Crippen molar-refractivity contribution >= 4 is 11.9 Å². The number of phenolic OH excluding ortho intramolecular Hbond substituents is 1. The maximum atomic E-state index is 12.7. The van der Waals surface area contributed by atoms with Gasteiger partial charge in [0.05, 0.1) is 50.8 Å². The van der Waals surface area contributed by atoms with Gasteiger partial charge in [0.15, 0.2) is 0 Å². The van der Waals surface area contributed by atoms with E-state index < -0.39 is 24.0 Å². The molecule has 10 heteroatoms. The largest absolute Gasteiger partial charge is 0.508 e. The van der Waals surface area contributed by atoms with Crippen molar-refractivity contribution in [3.63, 3.8) is 0 Å². The lowest BCUT2D eigenvalue weighted by Gasteiger charge is -2.36. The molecule has 2 atom stereocenters. The minimum atomic E-state index is -1.02. The van der Waals surface area contributed by atoms with Crippen molar-refractivity contribution in [1.29, 1.82) is 0 Å².